The van der Waals surface area contributed by atoms with Crippen LogP contribution in [0.4, 0.5) is 5.82 Å². The Morgan fingerprint density at radius 3 is 2.30 bits per heavy atom. The molecule has 0 unspecified atom stereocenters. The van der Waals surface area contributed by atoms with Crippen LogP contribution >= 0.6 is 0 Å². The fourth-order valence-electron chi connectivity index (χ4n) is 2.36. The van der Waals surface area contributed by atoms with Gasteiger partial charge >= 0.3 is 5.97 Å². The number of carbonyl (C=O) groups is 1. The van der Waals surface area contributed by atoms with E-state index in [0.717, 1.165) is 16.6 Å². The van der Waals surface area contributed by atoms with Crippen LogP contribution in [0.5, 0.6) is 0 Å². The van der Waals surface area contributed by atoms with Crippen LogP contribution in [0, 0.1) is 0 Å². The molecule has 3 aromatic rings. The van der Waals surface area contributed by atoms with Crippen LogP contribution in [0.15, 0.2) is 54.6 Å². The number of fused-ring (bicyclic) bond motifs is 1. The molecule has 5 nitrogen and oxygen atoms in total. The first-order valence-corrected chi connectivity index (χ1v) is 7.47. The average Bonchev–Trinajstić information content (AvgIpc) is 2.58. The van der Waals surface area contributed by atoms with Gasteiger partial charge in [-0.15, -0.1) is 0 Å². The van der Waals surface area contributed by atoms with Crippen molar-refractivity contribution in [2.24, 2.45) is 0 Å². The number of anilines is 1. The number of rotatable bonds is 6. The van der Waals surface area contributed by atoms with Gasteiger partial charge in [-0.3, -0.25) is 4.79 Å². The molecule has 0 saturated carbocycles. The van der Waals surface area contributed by atoms with Gasteiger partial charge in [0.05, 0.1) is 23.1 Å². The summed E-state index contributed by atoms with van der Waals surface area (Å²) in [6.07, 6.45) is 0.386. The lowest BCUT2D eigenvalue weighted by Gasteiger charge is -2.11. The van der Waals surface area contributed by atoms with Crippen molar-refractivity contribution in [3.05, 3.63) is 65.9 Å². The molecule has 23 heavy (non-hydrogen) atoms. The van der Waals surface area contributed by atoms with Gasteiger partial charge in [0.15, 0.2) is 0 Å². The Labute approximate surface area is 134 Å². The zero-order valence-electron chi connectivity index (χ0n) is 12.6. The summed E-state index contributed by atoms with van der Waals surface area (Å²) in [4.78, 5) is 20.0. The maximum atomic E-state index is 10.9. The highest BCUT2D eigenvalue weighted by molar-refractivity contribution is 5.76. The van der Waals surface area contributed by atoms with Gasteiger partial charge in [-0.2, -0.15) is 0 Å². The molecule has 5 heteroatoms. The Kier molecular flexibility index (Phi) is 4.47. The quantitative estimate of drug-likeness (QED) is 0.731. The van der Waals surface area contributed by atoms with Crippen LogP contribution in [0.2, 0.25) is 0 Å². The minimum atomic E-state index is -0.839. The van der Waals surface area contributed by atoms with E-state index in [-0.39, 0.29) is 6.42 Å². The molecule has 0 atom stereocenters. The maximum absolute atomic E-state index is 10.9. The molecular formula is C18H17N3O2. The molecule has 0 bridgehead atoms. The first-order chi connectivity index (χ1) is 11.2. The average molecular weight is 307 g/mol. The predicted octanol–water partition coefficient (Wildman–Crippen LogP) is 3.26. The summed E-state index contributed by atoms with van der Waals surface area (Å²) in [5, 5.41) is 12.2. The maximum Gasteiger partial charge on any atom is 0.303 e. The number of aromatic nitrogens is 2. The Balaban J connectivity index is 1.88. The number of carboxylic acid groups (broad SMARTS) is 1. The fourth-order valence-corrected chi connectivity index (χ4v) is 2.36. The third-order valence-electron chi connectivity index (χ3n) is 3.52. The number of aryl methyl sites for hydroxylation is 1. The van der Waals surface area contributed by atoms with Crippen molar-refractivity contribution in [3.8, 4) is 0 Å². The number of carboxylic acids is 1. The summed E-state index contributed by atoms with van der Waals surface area (Å²) >= 11 is 0. The van der Waals surface area contributed by atoms with E-state index in [4.69, 9.17) is 5.11 Å². The third-order valence-corrected chi connectivity index (χ3v) is 3.52. The van der Waals surface area contributed by atoms with Gasteiger partial charge < -0.3 is 10.4 Å². The van der Waals surface area contributed by atoms with Crippen LogP contribution in [0.25, 0.3) is 11.0 Å². The van der Waals surface area contributed by atoms with E-state index in [9.17, 15) is 4.79 Å². The van der Waals surface area contributed by atoms with Gasteiger partial charge in [0.25, 0.3) is 0 Å². The van der Waals surface area contributed by atoms with Crippen LogP contribution in [-0.2, 0) is 17.8 Å². The molecule has 0 radical (unpaired) electrons. The highest BCUT2D eigenvalue weighted by Crippen LogP contribution is 2.19. The second kappa shape index (κ2) is 6.87. The third kappa shape index (κ3) is 3.83. The van der Waals surface area contributed by atoms with E-state index in [1.165, 1.54) is 0 Å². The minimum absolute atomic E-state index is 0.0348. The molecule has 0 amide bonds. The number of nitrogens with zero attached hydrogens (tertiary/aromatic N) is 2. The summed E-state index contributed by atoms with van der Waals surface area (Å²) in [5.74, 6) is -0.192. The van der Waals surface area contributed by atoms with Crippen LogP contribution < -0.4 is 5.32 Å². The first-order valence-electron chi connectivity index (χ1n) is 7.47. The monoisotopic (exact) mass is 307 g/mol. The van der Waals surface area contributed by atoms with Gasteiger partial charge in [-0.1, -0.05) is 42.5 Å². The number of para-hydroxylation sites is 2. The molecule has 2 aromatic carbocycles. The molecule has 1 aromatic heterocycles. The normalized spacial score (nSPS) is 10.6. The largest absolute Gasteiger partial charge is 0.481 e. The van der Waals surface area contributed by atoms with Crippen LogP contribution in [-0.4, -0.2) is 21.0 Å². The first kappa shape index (κ1) is 15.0. The van der Waals surface area contributed by atoms with Gasteiger partial charge in [0, 0.05) is 13.0 Å². The SMILES string of the molecule is O=C(O)CCc1nc2ccccc2nc1NCc1ccccc1. The summed E-state index contributed by atoms with van der Waals surface area (Å²) in [5.41, 5.74) is 3.38. The Morgan fingerprint density at radius 2 is 1.61 bits per heavy atom. The van der Waals surface area contributed by atoms with Crippen molar-refractivity contribution in [1.29, 1.82) is 0 Å². The van der Waals surface area contributed by atoms with Crippen molar-refractivity contribution in [2.75, 3.05) is 5.32 Å². The zero-order chi connectivity index (χ0) is 16.1. The van der Waals surface area contributed by atoms with Crippen molar-refractivity contribution < 1.29 is 9.90 Å². The summed E-state index contributed by atoms with van der Waals surface area (Å²) < 4.78 is 0. The Bertz CT molecular complexity index is 819. The predicted molar refractivity (Wildman–Crippen MR) is 89.3 cm³/mol. The van der Waals surface area contributed by atoms with E-state index in [0.29, 0.717) is 24.5 Å². The summed E-state index contributed by atoms with van der Waals surface area (Å²) in [6.45, 7) is 0.619. The van der Waals surface area contributed by atoms with E-state index in [1.54, 1.807) is 0 Å². The summed E-state index contributed by atoms with van der Waals surface area (Å²) in [7, 11) is 0. The number of nitrogens with one attached hydrogen (secondary N) is 1. The van der Waals surface area contributed by atoms with Crippen molar-refractivity contribution in [1.82, 2.24) is 9.97 Å². The minimum Gasteiger partial charge on any atom is -0.481 e. The lowest BCUT2D eigenvalue weighted by molar-refractivity contribution is -0.136. The molecular weight excluding hydrogens is 290 g/mol. The number of aliphatic carboxylic acids is 1. The van der Waals surface area contributed by atoms with Gasteiger partial charge in [0.2, 0.25) is 0 Å². The highest BCUT2D eigenvalue weighted by atomic mass is 16.4. The number of hydrogen-bond donors (Lipinski definition) is 2. The molecule has 0 spiro atoms. The molecule has 0 aliphatic heterocycles. The molecule has 0 fully saturated rings. The van der Waals surface area contributed by atoms with E-state index >= 15 is 0 Å². The van der Waals surface area contributed by atoms with Gasteiger partial charge in [-0.05, 0) is 17.7 Å². The smallest absolute Gasteiger partial charge is 0.303 e. The zero-order valence-corrected chi connectivity index (χ0v) is 12.6. The van der Waals surface area contributed by atoms with E-state index in [2.05, 4.69) is 15.3 Å². The number of hydrogen-bond acceptors (Lipinski definition) is 4. The Morgan fingerprint density at radius 1 is 0.957 bits per heavy atom. The summed E-state index contributed by atoms with van der Waals surface area (Å²) in [6, 6.07) is 17.6. The van der Waals surface area contributed by atoms with Crippen molar-refractivity contribution in [3.63, 3.8) is 0 Å². The molecule has 0 aliphatic carbocycles. The topological polar surface area (TPSA) is 75.1 Å². The van der Waals surface area contributed by atoms with Crippen molar-refractivity contribution >= 4 is 22.8 Å². The Hall–Kier alpha value is -2.95. The van der Waals surface area contributed by atoms with E-state index in [1.807, 2.05) is 54.6 Å². The van der Waals surface area contributed by atoms with E-state index < -0.39 is 5.97 Å². The second-order valence-corrected chi connectivity index (χ2v) is 5.24. The fraction of sp³-hybridized carbons (Fsp3) is 0.167. The molecule has 2 N–H and O–H groups in total. The van der Waals surface area contributed by atoms with Crippen molar-refractivity contribution in [2.45, 2.75) is 19.4 Å². The highest BCUT2D eigenvalue weighted by Gasteiger charge is 2.10. The standard InChI is InChI=1S/C18H17N3O2/c22-17(23)11-10-16-18(19-12-13-6-2-1-3-7-13)21-15-9-5-4-8-14(15)20-16/h1-9H,10-12H2,(H,19,21)(H,22,23). The molecule has 0 saturated heterocycles. The van der Waals surface area contributed by atoms with Crippen LogP contribution in [0.3, 0.4) is 0 Å². The molecule has 0 aliphatic rings. The lowest BCUT2D eigenvalue weighted by Crippen LogP contribution is -2.08. The number of benzene rings is 2. The van der Waals surface area contributed by atoms with Gasteiger partial charge in [0.1, 0.15) is 5.82 Å². The lowest BCUT2D eigenvalue weighted by atomic mass is 10.2. The van der Waals surface area contributed by atoms with Gasteiger partial charge in [-0.25, -0.2) is 9.97 Å². The van der Waals surface area contributed by atoms with Crippen LogP contribution in [0.1, 0.15) is 17.7 Å². The second-order valence-electron chi connectivity index (χ2n) is 5.24. The molecule has 3 rings (SSSR count). The molecule has 1 heterocycles. The molecule has 116 valence electrons.